The van der Waals surface area contributed by atoms with Crippen molar-refractivity contribution in [2.45, 2.75) is 45.5 Å². The minimum Gasteiger partial charge on any atom is -0.207 e. The predicted octanol–water partition coefficient (Wildman–Crippen LogP) is 3.43. The average molecular weight is 161 g/mol. The number of rotatable bonds is 1. The van der Waals surface area contributed by atoms with E-state index < -0.39 is 5.92 Å². The summed E-state index contributed by atoms with van der Waals surface area (Å²) in [5.74, 6) is -0.610. The summed E-state index contributed by atoms with van der Waals surface area (Å²) in [5.41, 5.74) is 0. The van der Waals surface area contributed by atoms with Gasteiger partial charge < -0.3 is 0 Å². The molecule has 11 heavy (non-hydrogen) atoms. The van der Waals surface area contributed by atoms with Gasteiger partial charge in [-0.25, -0.2) is 8.78 Å². The quantitative estimate of drug-likeness (QED) is 0.552. The van der Waals surface area contributed by atoms with Gasteiger partial charge in [0.15, 0.2) is 0 Å². The van der Waals surface area contributed by atoms with E-state index in [2.05, 4.69) is 0 Å². The molecule has 0 aromatic heterocycles. The van der Waals surface area contributed by atoms with Crippen molar-refractivity contribution in [3.63, 3.8) is 0 Å². The van der Waals surface area contributed by atoms with E-state index in [1.165, 1.54) is 5.92 Å². The van der Waals surface area contributed by atoms with Crippen molar-refractivity contribution >= 4 is 0 Å². The van der Waals surface area contributed by atoms with Gasteiger partial charge in [-0.1, -0.05) is 13.8 Å². The molecule has 0 saturated heterocycles. The normalized spacial score (nSPS) is 25.9. The van der Waals surface area contributed by atoms with Gasteiger partial charge in [0.05, 0.1) is 0 Å². The molecule has 0 N–H and O–H groups in total. The second kappa shape index (κ2) is 3.08. The lowest BCUT2D eigenvalue weighted by molar-refractivity contribution is -0.0439. The first-order chi connectivity index (χ1) is 5.01. The van der Waals surface area contributed by atoms with E-state index in [0.717, 1.165) is 0 Å². The van der Waals surface area contributed by atoms with Crippen molar-refractivity contribution in [1.29, 1.82) is 0 Å². The van der Waals surface area contributed by atoms with E-state index in [0.29, 0.717) is 18.8 Å². The molecule has 0 atom stereocenters. The minimum atomic E-state index is -2.37. The molecule has 0 unspecified atom stereocenters. The zero-order valence-electron chi connectivity index (χ0n) is 7.16. The van der Waals surface area contributed by atoms with Gasteiger partial charge in [-0.05, 0) is 24.7 Å². The van der Waals surface area contributed by atoms with E-state index in [1.54, 1.807) is 0 Å². The zero-order valence-corrected chi connectivity index (χ0v) is 7.16. The van der Waals surface area contributed by atoms with E-state index in [4.69, 9.17) is 0 Å². The first-order valence-electron chi connectivity index (χ1n) is 4.19. The average Bonchev–Trinajstić information content (AvgIpc) is 1.86. The van der Waals surface area contributed by atoms with E-state index in [1.807, 2.05) is 13.8 Å². The monoisotopic (exact) mass is 161 g/mol. The summed E-state index contributed by atoms with van der Waals surface area (Å²) in [5, 5.41) is 0. The van der Waals surface area contributed by atoms with E-state index in [-0.39, 0.29) is 12.8 Å². The fourth-order valence-corrected chi connectivity index (χ4v) is 1.62. The summed E-state index contributed by atoms with van der Waals surface area (Å²) < 4.78 is 25.3. The third kappa shape index (κ3) is 2.42. The fraction of sp³-hybridized carbons (Fsp3) is 0.889. The predicted molar refractivity (Wildman–Crippen MR) is 41.5 cm³/mol. The van der Waals surface area contributed by atoms with Gasteiger partial charge in [-0.15, -0.1) is 0 Å². The van der Waals surface area contributed by atoms with Crippen LogP contribution >= 0.6 is 0 Å². The van der Waals surface area contributed by atoms with Crippen LogP contribution in [-0.4, -0.2) is 5.92 Å². The van der Waals surface area contributed by atoms with Gasteiger partial charge in [-0.3, -0.25) is 0 Å². The van der Waals surface area contributed by atoms with Crippen molar-refractivity contribution in [3.05, 3.63) is 5.92 Å². The molecule has 2 heteroatoms. The highest BCUT2D eigenvalue weighted by Crippen LogP contribution is 2.39. The summed E-state index contributed by atoms with van der Waals surface area (Å²) in [7, 11) is 0. The molecule has 1 fully saturated rings. The Hall–Kier alpha value is -0.140. The third-order valence-corrected chi connectivity index (χ3v) is 2.53. The number of halogens is 2. The highest BCUT2D eigenvalue weighted by atomic mass is 19.3. The Morgan fingerprint density at radius 3 is 2.00 bits per heavy atom. The minimum absolute atomic E-state index is 0.0862. The van der Waals surface area contributed by atoms with Crippen LogP contribution in [-0.2, 0) is 0 Å². The fourth-order valence-electron chi connectivity index (χ4n) is 1.62. The lowest BCUT2D eigenvalue weighted by atomic mass is 9.80. The first-order valence-corrected chi connectivity index (χ1v) is 4.19. The standard InChI is InChI=1S/C9H15F2/c1-7(2)8-3-5-9(10,11)6-4-8/h8H,3-6H2,1-2H3. The molecular formula is C9H15F2. The molecule has 1 aliphatic rings. The van der Waals surface area contributed by atoms with Crippen LogP contribution in [0.5, 0.6) is 0 Å². The van der Waals surface area contributed by atoms with Gasteiger partial charge >= 0.3 is 0 Å². The molecule has 0 aromatic rings. The van der Waals surface area contributed by atoms with Crippen molar-refractivity contribution in [3.8, 4) is 0 Å². The molecule has 0 spiro atoms. The van der Waals surface area contributed by atoms with Crippen molar-refractivity contribution < 1.29 is 8.78 Å². The van der Waals surface area contributed by atoms with Crippen LogP contribution in [0.1, 0.15) is 39.5 Å². The molecule has 1 radical (unpaired) electrons. The topological polar surface area (TPSA) is 0 Å². The van der Waals surface area contributed by atoms with Gasteiger partial charge in [-0.2, -0.15) is 0 Å². The molecule has 1 aliphatic carbocycles. The summed E-state index contributed by atoms with van der Waals surface area (Å²) in [6, 6.07) is 0. The molecule has 0 aliphatic heterocycles. The van der Waals surface area contributed by atoms with Crippen molar-refractivity contribution in [2.75, 3.05) is 0 Å². The summed E-state index contributed by atoms with van der Waals surface area (Å²) in [6.45, 7) is 4.07. The van der Waals surface area contributed by atoms with Gasteiger partial charge in [0.2, 0.25) is 5.92 Å². The van der Waals surface area contributed by atoms with Gasteiger partial charge in [0, 0.05) is 12.8 Å². The molecule has 1 rings (SSSR count). The first kappa shape index (κ1) is 8.95. The number of hydrogen-bond acceptors (Lipinski definition) is 0. The maximum atomic E-state index is 12.6. The van der Waals surface area contributed by atoms with Crippen LogP contribution in [0.2, 0.25) is 0 Å². The Kier molecular flexibility index (Phi) is 2.50. The van der Waals surface area contributed by atoms with Crippen LogP contribution in [0.3, 0.4) is 0 Å². The van der Waals surface area contributed by atoms with Crippen LogP contribution in [0.15, 0.2) is 0 Å². The maximum absolute atomic E-state index is 12.6. The largest absolute Gasteiger partial charge is 0.248 e. The molecule has 1 saturated carbocycles. The third-order valence-electron chi connectivity index (χ3n) is 2.53. The molecule has 0 nitrogen and oxygen atoms in total. The smallest absolute Gasteiger partial charge is 0.207 e. The second-order valence-electron chi connectivity index (χ2n) is 3.71. The molecule has 65 valence electrons. The van der Waals surface area contributed by atoms with E-state index in [9.17, 15) is 8.78 Å². The van der Waals surface area contributed by atoms with Crippen molar-refractivity contribution in [2.24, 2.45) is 5.92 Å². The Morgan fingerprint density at radius 2 is 1.64 bits per heavy atom. The Balaban J connectivity index is 2.36. The van der Waals surface area contributed by atoms with Gasteiger partial charge in [0.25, 0.3) is 0 Å². The van der Waals surface area contributed by atoms with Crippen LogP contribution in [0.4, 0.5) is 8.78 Å². The zero-order chi connectivity index (χ0) is 8.48. The van der Waals surface area contributed by atoms with Crippen LogP contribution < -0.4 is 0 Å². The number of hydrogen-bond donors (Lipinski definition) is 0. The Bertz CT molecular complexity index is 120. The highest BCUT2D eigenvalue weighted by molar-refractivity contribution is 4.91. The van der Waals surface area contributed by atoms with Gasteiger partial charge in [0.1, 0.15) is 0 Å². The number of alkyl halides is 2. The SMILES string of the molecule is C[C](C)C1CCC(F)(F)CC1. The Morgan fingerprint density at radius 1 is 1.18 bits per heavy atom. The molecular weight excluding hydrogens is 146 g/mol. The second-order valence-corrected chi connectivity index (χ2v) is 3.71. The van der Waals surface area contributed by atoms with Crippen LogP contribution in [0, 0.1) is 11.8 Å². The molecule has 0 aromatic carbocycles. The summed E-state index contributed by atoms with van der Waals surface area (Å²) in [6.07, 6.45) is 1.52. The lowest BCUT2D eigenvalue weighted by Crippen LogP contribution is -2.26. The maximum Gasteiger partial charge on any atom is 0.248 e. The highest BCUT2D eigenvalue weighted by Gasteiger charge is 2.35. The van der Waals surface area contributed by atoms with Crippen molar-refractivity contribution in [1.82, 2.24) is 0 Å². The van der Waals surface area contributed by atoms with E-state index >= 15 is 0 Å². The molecule has 0 amide bonds. The molecule has 0 heterocycles. The summed E-state index contributed by atoms with van der Waals surface area (Å²) >= 11 is 0. The lowest BCUT2D eigenvalue weighted by Gasteiger charge is -2.30. The Labute approximate surface area is 67.0 Å². The summed E-state index contributed by atoms with van der Waals surface area (Å²) in [4.78, 5) is 0. The van der Waals surface area contributed by atoms with Crippen LogP contribution in [0.25, 0.3) is 0 Å². The molecule has 0 bridgehead atoms.